The van der Waals surface area contributed by atoms with Crippen LogP contribution in [0.5, 0.6) is 0 Å². The summed E-state index contributed by atoms with van der Waals surface area (Å²) in [5, 5.41) is 0. The van der Waals surface area contributed by atoms with Crippen LogP contribution in [0.3, 0.4) is 0 Å². The molecule has 162 valence electrons. The number of benzene rings is 3. The molecule has 2 aromatic heterocycles. The minimum atomic E-state index is 0.411. The maximum absolute atomic E-state index is 6.11. The highest BCUT2D eigenvalue weighted by atomic mass is 79.9. The van der Waals surface area contributed by atoms with E-state index in [0.717, 1.165) is 42.3 Å². The SMILES string of the molecule is CC(C)c1cc(Br)c2oc(-c3cccc(-c4nc5cc(C(C)C)cc(Br)c5o4)c3)nc2c1. The highest BCUT2D eigenvalue weighted by molar-refractivity contribution is 9.11. The largest absolute Gasteiger partial charge is 0.435 e. The molecule has 0 aliphatic rings. The van der Waals surface area contributed by atoms with Crippen molar-refractivity contribution in [3.05, 3.63) is 68.6 Å². The Kier molecular flexibility index (Phi) is 5.46. The molecular weight excluding hydrogens is 532 g/mol. The number of hydrogen-bond acceptors (Lipinski definition) is 4. The lowest BCUT2D eigenvalue weighted by Crippen LogP contribution is -1.87. The van der Waals surface area contributed by atoms with Crippen LogP contribution in [0.2, 0.25) is 0 Å². The Balaban J connectivity index is 1.58. The Labute approximate surface area is 203 Å². The Morgan fingerprint density at radius 2 is 1.09 bits per heavy atom. The zero-order chi connectivity index (χ0) is 22.6. The number of aromatic nitrogens is 2. The van der Waals surface area contributed by atoms with E-state index in [-0.39, 0.29) is 0 Å². The first kappa shape index (κ1) is 21.4. The summed E-state index contributed by atoms with van der Waals surface area (Å²) in [5.74, 6) is 1.97. The van der Waals surface area contributed by atoms with Gasteiger partial charge in [-0.05, 0) is 97.3 Å². The molecule has 6 heteroatoms. The molecule has 5 aromatic rings. The second kappa shape index (κ2) is 8.16. The molecule has 32 heavy (non-hydrogen) atoms. The number of fused-ring (bicyclic) bond motifs is 2. The summed E-state index contributed by atoms with van der Waals surface area (Å²) in [6.45, 7) is 8.67. The first-order chi connectivity index (χ1) is 15.3. The van der Waals surface area contributed by atoms with E-state index in [9.17, 15) is 0 Å². The maximum atomic E-state index is 6.11. The summed E-state index contributed by atoms with van der Waals surface area (Å²) >= 11 is 7.26. The van der Waals surface area contributed by atoms with Gasteiger partial charge in [0.15, 0.2) is 11.2 Å². The molecule has 0 saturated carbocycles. The van der Waals surface area contributed by atoms with Gasteiger partial charge in [-0.25, -0.2) is 9.97 Å². The third-order valence-electron chi connectivity index (χ3n) is 5.62. The number of nitrogens with zero attached hydrogens (tertiary/aromatic N) is 2. The summed E-state index contributed by atoms with van der Waals surface area (Å²) in [7, 11) is 0. The number of hydrogen-bond donors (Lipinski definition) is 0. The molecule has 0 aliphatic heterocycles. The number of halogens is 2. The van der Waals surface area contributed by atoms with Crippen molar-refractivity contribution < 1.29 is 8.83 Å². The minimum Gasteiger partial charge on any atom is -0.435 e. The minimum absolute atomic E-state index is 0.411. The summed E-state index contributed by atoms with van der Waals surface area (Å²) in [4.78, 5) is 9.51. The van der Waals surface area contributed by atoms with Crippen molar-refractivity contribution in [3.8, 4) is 22.9 Å². The molecule has 0 N–H and O–H groups in total. The average molecular weight is 554 g/mol. The predicted octanol–water partition coefficient (Wildman–Crippen LogP) is 9.07. The first-order valence-electron chi connectivity index (χ1n) is 10.6. The van der Waals surface area contributed by atoms with Crippen LogP contribution in [0.1, 0.15) is 50.7 Å². The molecule has 0 bridgehead atoms. The van der Waals surface area contributed by atoms with Crippen LogP contribution < -0.4 is 0 Å². The van der Waals surface area contributed by atoms with Gasteiger partial charge in [0.25, 0.3) is 0 Å². The van der Waals surface area contributed by atoms with Crippen molar-refractivity contribution in [2.45, 2.75) is 39.5 Å². The normalized spacial score (nSPS) is 12.0. The molecule has 0 atom stereocenters. The fourth-order valence-corrected chi connectivity index (χ4v) is 4.82. The fraction of sp³-hybridized carbons (Fsp3) is 0.231. The van der Waals surface area contributed by atoms with Crippen molar-refractivity contribution in [2.75, 3.05) is 0 Å². The molecule has 0 unspecified atom stereocenters. The lowest BCUT2D eigenvalue weighted by molar-refractivity contribution is 0.615. The summed E-state index contributed by atoms with van der Waals surface area (Å²) in [6, 6.07) is 16.3. The lowest BCUT2D eigenvalue weighted by Gasteiger charge is -2.04. The summed E-state index contributed by atoms with van der Waals surface area (Å²) < 4.78 is 14.1. The van der Waals surface area contributed by atoms with Gasteiger partial charge in [0.05, 0.1) is 8.95 Å². The Bertz CT molecular complexity index is 1360. The monoisotopic (exact) mass is 552 g/mol. The molecule has 0 radical (unpaired) electrons. The zero-order valence-corrected chi connectivity index (χ0v) is 21.4. The van der Waals surface area contributed by atoms with E-state index >= 15 is 0 Å². The van der Waals surface area contributed by atoms with Crippen molar-refractivity contribution in [2.24, 2.45) is 0 Å². The first-order valence-corrected chi connectivity index (χ1v) is 12.2. The lowest BCUT2D eigenvalue weighted by atomic mass is 10.0. The van der Waals surface area contributed by atoms with E-state index in [1.54, 1.807) is 0 Å². The van der Waals surface area contributed by atoms with E-state index in [2.05, 4.69) is 83.8 Å². The highest BCUT2D eigenvalue weighted by Crippen LogP contribution is 2.36. The van der Waals surface area contributed by atoms with E-state index in [1.165, 1.54) is 11.1 Å². The van der Waals surface area contributed by atoms with E-state index in [4.69, 9.17) is 18.8 Å². The van der Waals surface area contributed by atoms with Crippen LogP contribution in [0.15, 0.2) is 66.3 Å². The van der Waals surface area contributed by atoms with Gasteiger partial charge in [-0.2, -0.15) is 0 Å². The smallest absolute Gasteiger partial charge is 0.227 e. The molecule has 3 aromatic carbocycles. The van der Waals surface area contributed by atoms with Gasteiger partial charge in [0.2, 0.25) is 11.8 Å². The van der Waals surface area contributed by atoms with E-state index in [1.807, 2.05) is 24.3 Å². The van der Waals surface area contributed by atoms with Crippen LogP contribution in [0.25, 0.3) is 45.1 Å². The fourth-order valence-electron chi connectivity index (χ4n) is 3.72. The second-order valence-corrected chi connectivity index (χ2v) is 10.3. The van der Waals surface area contributed by atoms with E-state index in [0.29, 0.717) is 23.6 Å². The van der Waals surface area contributed by atoms with Crippen LogP contribution in [0, 0.1) is 0 Å². The zero-order valence-electron chi connectivity index (χ0n) is 18.2. The molecule has 0 amide bonds. The van der Waals surface area contributed by atoms with Crippen LogP contribution in [-0.2, 0) is 0 Å². The predicted molar refractivity (Wildman–Crippen MR) is 136 cm³/mol. The van der Waals surface area contributed by atoms with Crippen LogP contribution in [0.4, 0.5) is 0 Å². The molecule has 4 nitrogen and oxygen atoms in total. The third kappa shape index (κ3) is 3.80. The second-order valence-electron chi connectivity index (χ2n) is 8.63. The summed E-state index contributed by atoms with van der Waals surface area (Å²) in [6.07, 6.45) is 0. The molecule has 0 aliphatic carbocycles. The quantitative estimate of drug-likeness (QED) is 0.223. The molecule has 0 spiro atoms. The standard InChI is InChI=1S/C26H22Br2N2O2/c1-13(2)17-9-19(27)23-21(11-17)29-25(31-23)15-6-5-7-16(8-15)26-30-22-12-18(14(3)4)10-20(28)24(22)32-26/h5-14H,1-4H3. The summed E-state index contributed by atoms with van der Waals surface area (Å²) in [5.41, 5.74) is 7.38. The molecule has 0 saturated heterocycles. The highest BCUT2D eigenvalue weighted by Gasteiger charge is 2.17. The molecular formula is C26H22Br2N2O2. The average Bonchev–Trinajstić information content (AvgIpc) is 3.38. The van der Waals surface area contributed by atoms with Gasteiger partial charge in [0.1, 0.15) is 11.0 Å². The van der Waals surface area contributed by atoms with Gasteiger partial charge in [-0.15, -0.1) is 0 Å². The van der Waals surface area contributed by atoms with E-state index < -0.39 is 0 Å². The van der Waals surface area contributed by atoms with Gasteiger partial charge in [0, 0.05) is 11.1 Å². The van der Waals surface area contributed by atoms with Gasteiger partial charge in [-0.3, -0.25) is 0 Å². The third-order valence-corrected chi connectivity index (χ3v) is 6.80. The Morgan fingerprint density at radius 3 is 1.50 bits per heavy atom. The van der Waals surface area contributed by atoms with Gasteiger partial charge < -0.3 is 8.83 Å². The van der Waals surface area contributed by atoms with Crippen LogP contribution in [-0.4, -0.2) is 9.97 Å². The number of oxazole rings is 2. The van der Waals surface area contributed by atoms with Gasteiger partial charge >= 0.3 is 0 Å². The molecule has 0 fully saturated rings. The topological polar surface area (TPSA) is 52.1 Å². The molecule has 2 heterocycles. The van der Waals surface area contributed by atoms with Crippen molar-refractivity contribution >= 4 is 54.1 Å². The van der Waals surface area contributed by atoms with Crippen molar-refractivity contribution in [1.82, 2.24) is 9.97 Å². The molecule has 5 rings (SSSR count). The van der Waals surface area contributed by atoms with Crippen LogP contribution >= 0.6 is 31.9 Å². The maximum Gasteiger partial charge on any atom is 0.227 e. The Hall–Kier alpha value is -2.44. The van der Waals surface area contributed by atoms with Crippen molar-refractivity contribution in [1.29, 1.82) is 0 Å². The Morgan fingerprint density at radius 1 is 0.656 bits per heavy atom. The number of rotatable bonds is 4. The van der Waals surface area contributed by atoms with Gasteiger partial charge in [-0.1, -0.05) is 33.8 Å². The van der Waals surface area contributed by atoms with Crippen molar-refractivity contribution in [3.63, 3.8) is 0 Å².